The number of carbonyl (C=O) groups is 1. The van der Waals surface area contributed by atoms with Gasteiger partial charge >= 0.3 is 0 Å². The van der Waals surface area contributed by atoms with Crippen LogP contribution >= 0.6 is 0 Å². The van der Waals surface area contributed by atoms with Gasteiger partial charge in [-0.05, 0) is 6.07 Å². The van der Waals surface area contributed by atoms with Crippen LogP contribution in [-0.4, -0.2) is 73.1 Å². The van der Waals surface area contributed by atoms with Gasteiger partial charge in [-0.1, -0.05) is 0 Å². The topological polar surface area (TPSA) is 73.8 Å². The molecule has 0 spiro atoms. The average molecular weight is 316 g/mol. The summed E-state index contributed by atoms with van der Waals surface area (Å²) in [5.41, 5.74) is 0.214. The van der Waals surface area contributed by atoms with Crippen molar-refractivity contribution in [2.75, 3.05) is 40.3 Å². The Bertz CT molecular complexity index is 627. The van der Waals surface area contributed by atoms with Gasteiger partial charge in [0.2, 0.25) is 5.95 Å². The van der Waals surface area contributed by atoms with Crippen molar-refractivity contribution in [2.24, 2.45) is 0 Å². The smallest absolute Gasteiger partial charge is 0.281 e. The van der Waals surface area contributed by atoms with E-state index in [0.717, 1.165) is 10.4 Å². The summed E-state index contributed by atoms with van der Waals surface area (Å²) in [7, 11) is -0.532. The van der Waals surface area contributed by atoms with E-state index in [1.165, 1.54) is 35.6 Å². The molecule has 7 nitrogen and oxygen atoms in total. The molecule has 0 aliphatic carbocycles. The number of hydrogen-bond donors (Lipinski definition) is 0. The molecule has 0 atom stereocenters. The van der Waals surface area contributed by atoms with Gasteiger partial charge < -0.3 is 4.90 Å². The second kappa shape index (κ2) is 6.04. The summed E-state index contributed by atoms with van der Waals surface area (Å²) in [5.74, 6) is -1.03. The first-order valence-electron chi connectivity index (χ1n) is 6.41. The number of amides is 1. The molecule has 0 aromatic carbocycles. The molecule has 0 bridgehead atoms. The standard InChI is InChI=1S/C12H17FN4O3S/c1-15(2)21(19,20)17-7-5-16(6-8-17)12(18)10-3-4-14-11(13)9-10/h3-4,9H,5-8H2,1-2H3. The third kappa shape index (κ3) is 3.36. The molecule has 1 aromatic rings. The third-order valence-electron chi connectivity index (χ3n) is 3.29. The Hall–Kier alpha value is -1.58. The lowest BCUT2D eigenvalue weighted by atomic mass is 10.2. The molecule has 0 saturated carbocycles. The van der Waals surface area contributed by atoms with Crippen molar-refractivity contribution in [3.8, 4) is 0 Å². The monoisotopic (exact) mass is 316 g/mol. The molecule has 1 amide bonds. The molecular weight excluding hydrogens is 299 g/mol. The maximum absolute atomic E-state index is 13.0. The molecule has 116 valence electrons. The summed E-state index contributed by atoms with van der Waals surface area (Å²) in [4.78, 5) is 17.1. The fourth-order valence-electron chi connectivity index (χ4n) is 2.07. The average Bonchev–Trinajstić information content (AvgIpc) is 2.46. The van der Waals surface area contributed by atoms with Gasteiger partial charge in [-0.3, -0.25) is 4.79 Å². The quantitative estimate of drug-likeness (QED) is 0.723. The second-order valence-electron chi connectivity index (χ2n) is 4.85. The lowest BCUT2D eigenvalue weighted by Crippen LogP contribution is -2.53. The van der Waals surface area contributed by atoms with Gasteiger partial charge in [-0.15, -0.1) is 0 Å². The molecule has 1 aromatic heterocycles. The van der Waals surface area contributed by atoms with Crippen molar-refractivity contribution in [1.29, 1.82) is 0 Å². The molecule has 21 heavy (non-hydrogen) atoms. The molecule has 0 N–H and O–H groups in total. The van der Waals surface area contributed by atoms with Crippen LogP contribution in [0.5, 0.6) is 0 Å². The molecule has 9 heteroatoms. The summed E-state index contributed by atoms with van der Waals surface area (Å²) in [6.07, 6.45) is 1.23. The van der Waals surface area contributed by atoms with Crippen molar-refractivity contribution < 1.29 is 17.6 Å². The van der Waals surface area contributed by atoms with Crippen LogP contribution in [-0.2, 0) is 10.2 Å². The number of nitrogens with zero attached hydrogens (tertiary/aromatic N) is 4. The Morgan fingerprint density at radius 3 is 2.43 bits per heavy atom. The zero-order valence-corrected chi connectivity index (χ0v) is 12.7. The van der Waals surface area contributed by atoms with Gasteiger partial charge in [-0.25, -0.2) is 4.98 Å². The van der Waals surface area contributed by atoms with Gasteiger partial charge in [-0.2, -0.15) is 21.4 Å². The number of halogens is 1. The van der Waals surface area contributed by atoms with Crippen molar-refractivity contribution in [1.82, 2.24) is 18.5 Å². The van der Waals surface area contributed by atoms with Crippen LogP contribution in [0.1, 0.15) is 10.4 Å². The molecule has 2 heterocycles. The molecule has 0 unspecified atom stereocenters. The minimum Gasteiger partial charge on any atom is -0.336 e. The number of hydrogen-bond acceptors (Lipinski definition) is 4. The zero-order chi connectivity index (χ0) is 15.6. The Balaban J connectivity index is 2.03. The lowest BCUT2D eigenvalue weighted by Gasteiger charge is -2.35. The summed E-state index contributed by atoms with van der Waals surface area (Å²) in [6, 6.07) is 2.51. The number of rotatable bonds is 3. The van der Waals surface area contributed by atoms with Crippen LogP contribution in [0.4, 0.5) is 4.39 Å². The molecule has 0 radical (unpaired) electrons. The number of piperazine rings is 1. The first-order chi connectivity index (χ1) is 9.82. The summed E-state index contributed by atoms with van der Waals surface area (Å²) in [5, 5.41) is 0. The second-order valence-corrected chi connectivity index (χ2v) is 6.99. The van der Waals surface area contributed by atoms with E-state index in [2.05, 4.69) is 4.98 Å². The van der Waals surface area contributed by atoms with Gasteiger partial charge in [0.1, 0.15) is 0 Å². The SMILES string of the molecule is CN(C)S(=O)(=O)N1CCN(C(=O)c2ccnc(F)c2)CC1. The highest BCUT2D eigenvalue weighted by Gasteiger charge is 2.30. The molecular formula is C12H17FN4O3S. The zero-order valence-electron chi connectivity index (χ0n) is 11.9. The fourth-order valence-corrected chi connectivity index (χ4v) is 3.16. The van der Waals surface area contributed by atoms with Gasteiger partial charge in [0.05, 0.1) is 0 Å². The molecule has 1 aliphatic heterocycles. The van der Waals surface area contributed by atoms with Crippen molar-refractivity contribution in [3.63, 3.8) is 0 Å². The molecule has 1 fully saturated rings. The first-order valence-corrected chi connectivity index (χ1v) is 7.80. The van der Waals surface area contributed by atoms with E-state index in [0.29, 0.717) is 0 Å². The van der Waals surface area contributed by atoms with E-state index in [1.54, 1.807) is 0 Å². The Morgan fingerprint density at radius 2 is 1.90 bits per heavy atom. The van der Waals surface area contributed by atoms with Crippen molar-refractivity contribution in [2.45, 2.75) is 0 Å². The highest BCUT2D eigenvalue weighted by Crippen LogP contribution is 2.12. The number of aromatic nitrogens is 1. The number of pyridine rings is 1. The predicted octanol–water partition coefficient (Wildman–Crippen LogP) is -0.215. The maximum atomic E-state index is 13.0. The predicted molar refractivity (Wildman–Crippen MR) is 74.3 cm³/mol. The summed E-state index contributed by atoms with van der Waals surface area (Å²) < 4.78 is 39.4. The van der Waals surface area contributed by atoms with Crippen LogP contribution in [0.2, 0.25) is 0 Å². The Morgan fingerprint density at radius 1 is 1.29 bits per heavy atom. The highest BCUT2D eigenvalue weighted by atomic mass is 32.2. The van der Waals surface area contributed by atoms with Crippen molar-refractivity contribution >= 4 is 16.1 Å². The highest BCUT2D eigenvalue weighted by molar-refractivity contribution is 7.86. The minimum absolute atomic E-state index is 0.214. The van der Waals surface area contributed by atoms with E-state index >= 15 is 0 Å². The van der Waals surface area contributed by atoms with Crippen molar-refractivity contribution in [3.05, 3.63) is 29.8 Å². The van der Waals surface area contributed by atoms with E-state index in [1.807, 2.05) is 0 Å². The third-order valence-corrected chi connectivity index (χ3v) is 5.23. The Kier molecular flexibility index (Phi) is 4.55. The minimum atomic E-state index is -3.46. The van der Waals surface area contributed by atoms with Crippen LogP contribution in [0, 0.1) is 5.95 Å². The van der Waals surface area contributed by atoms with Gasteiger partial charge in [0, 0.05) is 58.1 Å². The van der Waals surface area contributed by atoms with Gasteiger partial charge in [0.25, 0.3) is 16.1 Å². The molecule has 2 rings (SSSR count). The normalized spacial score (nSPS) is 17.2. The Labute approximate surface area is 123 Å². The van der Waals surface area contributed by atoms with Gasteiger partial charge in [0.15, 0.2) is 0 Å². The largest absolute Gasteiger partial charge is 0.336 e. The van der Waals surface area contributed by atoms with E-state index < -0.39 is 16.2 Å². The maximum Gasteiger partial charge on any atom is 0.281 e. The molecule has 1 aliphatic rings. The summed E-state index contributed by atoms with van der Waals surface area (Å²) in [6.45, 7) is 0.991. The van der Waals surface area contributed by atoms with Crippen LogP contribution in [0.3, 0.4) is 0 Å². The first kappa shape index (κ1) is 15.8. The lowest BCUT2D eigenvalue weighted by molar-refractivity contribution is 0.0694. The van der Waals surface area contributed by atoms with E-state index in [4.69, 9.17) is 0 Å². The molecule has 1 saturated heterocycles. The summed E-state index contributed by atoms with van der Waals surface area (Å²) >= 11 is 0. The number of carbonyl (C=O) groups excluding carboxylic acids is 1. The van der Waals surface area contributed by atoms with Crippen LogP contribution in [0.15, 0.2) is 18.3 Å². The van der Waals surface area contributed by atoms with E-state index in [-0.39, 0.29) is 37.6 Å². The van der Waals surface area contributed by atoms with E-state index in [9.17, 15) is 17.6 Å². The fraction of sp³-hybridized carbons (Fsp3) is 0.500. The van der Waals surface area contributed by atoms with Crippen LogP contribution in [0.25, 0.3) is 0 Å². The van der Waals surface area contributed by atoms with Crippen LogP contribution < -0.4 is 0 Å².